The molecule has 1 aliphatic heterocycles. The first-order valence-corrected chi connectivity index (χ1v) is 7.31. The van der Waals surface area contributed by atoms with Crippen molar-refractivity contribution in [2.75, 3.05) is 33.8 Å². The third-order valence-corrected chi connectivity index (χ3v) is 4.05. The molecule has 0 atom stereocenters. The molecule has 0 aliphatic carbocycles. The van der Waals surface area contributed by atoms with Crippen molar-refractivity contribution in [2.24, 2.45) is 5.92 Å². The Balaban J connectivity index is 1.78. The lowest BCUT2D eigenvalue weighted by Crippen LogP contribution is -2.34. The number of methoxy groups -OCH3 is 1. The van der Waals surface area contributed by atoms with E-state index < -0.39 is 0 Å². The van der Waals surface area contributed by atoms with Gasteiger partial charge < -0.3 is 10.1 Å². The van der Waals surface area contributed by atoms with Crippen LogP contribution in [-0.2, 0) is 6.54 Å². The second-order valence-corrected chi connectivity index (χ2v) is 5.46. The zero-order valence-electron chi connectivity index (χ0n) is 12.2. The van der Waals surface area contributed by atoms with Gasteiger partial charge in [-0.05, 0) is 69.6 Å². The van der Waals surface area contributed by atoms with E-state index in [1.54, 1.807) is 7.11 Å². The van der Waals surface area contributed by atoms with Crippen molar-refractivity contribution < 1.29 is 4.74 Å². The van der Waals surface area contributed by atoms with Crippen molar-refractivity contribution in [3.8, 4) is 5.75 Å². The Hall–Kier alpha value is -1.06. The second kappa shape index (κ2) is 7.51. The first-order chi connectivity index (χ1) is 9.31. The van der Waals surface area contributed by atoms with E-state index in [0.29, 0.717) is 0 Å². The van der Waals surface area contributed by atoms with E-state index in [0.717, 1.165) is 24.8 Å². The van der Waals surface area contributed by atoms with E-state index in [1.807, 2.05) is 13.1 Å². The molecule has 0 spiro atoms. The Morgan fingerprint density at radius 1 is 1.32 bits per heavy atom. The van der Waals surface area contributed by atoms with E-state index in [4.69, 9.17) is 4.74 Å². The number of rotatable bonds is 6. The number of likely N-dealkylation sites (tertiary alicyclic amines) is 1. The maximum Gasteiger partial charge on any atom is 0.119 e. The third kappa shape index (κ3) is 4.51. The molecule has 0 saturated carbocycles. The smallest absolute Gasteiger partial charge is 0.119 e. The van der Waals surface area contributed by atoms with Gasteiger partial charge in [0.1, 0.15) is 5.75 Å². The number of nitrogens with zero attached hydrogens (tertiary/aromatic N) is 1. The highest BCUT2D eigenvalue weighted by Gasteiger charge is 2.18. The summed E-state index contributed by atoms with van der Waals surface area (Å²) in [6, 6.07) is 8.42. The van der Waals surface area contributed by atoms with Crippen molar-refractivity contribution in [3.05, 3.63) is 29.8 Å². The SMILES string of the molecule is CNCCC1CCN(Cc2cccc(OC)c2)CC1. The van der Waals surface area contributed by atoms with Crippen molar-refractivity contribution in [2.45, 2.75) is 25.8 Å². The highest BCUT2D eigenvalue weighted by atomic mass is 16.5. The Morgan fingerprint density at radius 2 is 2.11 bits per heavy atom. The van der Waals surface area contributed by atoms with Crippen LogP contribution >= 0.6 is 0 Å². The van der Waals surface area contributed by atoms with Gasteiger partial charge >= 0.3 is 0 Å². The van der Waals surface area contributed by atoms with Crippen LogP contribution in [0.1, 0.15) is 24.8 Å². The van der Waals surface area contributed by atoms with E-state index in [-0.39, 0.29) is 0 Å². The maximum absolute atomic E-state index is 5.28. The van der Waals surface area contributed by atoms with Crippen molar-refractivity contribution in [3.63, 3.8) is 0 Å². The molecule has 0 radical (unpaired) electrons. The summed E-state index contributed by atoms with van der Waals surface area (Å²) >= 11 is 0. The number of hydrogen-bond donors (Lipinski definition) is 1. The normalized spacial score (nSPS) is 17.6. The van der Waals surface area contributed by atoms with Crippen LogP contribution < -0.4 is 10.1 Å². The standard InChI is InChI=1S/C16H26N2O/c1-17-9-6-14-7-10-18(11-8-14)13-15-4-3-5-16(12-15)19-2/h3-5,12,14,17H,6-11,13H2,1-2H3. The third-order valence-electron chi connectivity index (χ3n) is 4.05. The Bertz CT molecular complexity index is 373. The highest BCUT2D eigenvalue weighted by Crippen LogP contribution is 2.22. The molecule has 0 bridgehead atoms. The molecule has 3 heteroatoms. The van der Waals surface area contributed by atoms with Crippen LogP contribution in [0.15, 0.2) is 24.3 Å². The van der Waals surface area contributed by atoms with Crippen molar-refractivity contribution in [1.82, 2.24) is 10.2 Å². The van der Waals surface area contributed by atoms with Crippen LogP contribution in [-0.4, -0.2) is 38.7 Å². The molecule has 106 valence electrons. The fourth-order valence-electron chi connectivity index (χ4n) is 2.81. The summed E-state index contributed by atoms with van der Waals surface area (Å²) in [4.78, 5) is 2.56. The molecule has 1 aliphatic rings. The number of nitrogens with one attached hydrogen (secondary N) is 1. The molecule has 1 aromatic rings. The first-order valence-electron chi connectivity index (χ1n) is 7.31. The minimum atomic E-state index is 0.911. The molecule has 1 heterocycles. The van der Waals surface area contributed by atoms with Gasteiger partial charge in [0.25, 0.3) is 0 Å². The van der Waals surface area contributed by atoms with Gasteiger partial charge in [0.15, 0.2) is 0 Å². The molecule has 19 heavy (non-hydrogen) atoms. The van der Waals surface area contributed by atoms with Crippen LogP contribution in [0.2, 0.25) is 0 Å². The molecule has 1 saturated heterocycles. The molecule has 1 N–H and O–H groups in total. The van der Waals surface area contributed by atoms with Crippen LogP contribution in [0, 0.1) is 5.92 Å². The lowest BCUT2D eigenvalue weighted by atomic mass is 9.93. The van der Waals surface area contributed by atoms with Crippen molar-refractivity contribution in [1.29, 1.82) is 0 Å². The summed E-state index contributed by atoms with van der Waals surface area (Å²) in [5.74, 6) is 1.87. The lowest BCUT2D eigenvalue weighted by Gasteiger charge is -2.32. The predicted octanol–water partition coefficient (Wildman–Crippen LogP) is 2.52. The summed E-state index contributed by atoms with van der Waals surface area (Å²) < 4.78 is 5.28. The summed E-state index contributed by atoms with van der Waals surface area (Å²) in [5.41, 5.74) is 1.35. The molecular weight excluding hydrogens is 236 g/mol. The second-order valence-electron chi connectivity index (χ2n) is 5.46. The number of piperidine rings is 1. The molecular formula is C16H26N2O. The van der Waals surface area contributed by atoms with Gasteiger partial charge in [-0.15, -0.1) is 0 Å². The summed E-state index contributed by atoms with van der Waals surface area (Å²) in [6.07, 6.45) is 4.00. The van der Waals surface area contributed by atoms with E-state index in [2.05, 4.69) is 28.4 Å². The summed E-state index contributed by atoms with van der Waals surface area (Å²) in [7, 11) is 3.77. The first kappa shape index (κ1) is 14.4. The summed E-state index contributed by atoms with van der Waals surface area (Å²) in [5, 5.41) is 3.25. The molecule has 0 unspecified atom stereocenters. The Kier molecular flexibility index (Phi) is 5.67. The van der Waals surface area contributed by atoms with E-state index in [1.165, 1.54) is 37.9 Å². The van der Waals surface area contributed by atoms with Gasteiger partial charge in [0, 0.05) is 6.54 Å². The molecule has 2 rings (SSSR count). The summed E-state index contributed by atoms with van der Waals surface area (Å²) in [6.45, 7) is 4.66. The zero-order chi connectivity index (χ0) is 13.5. The van der Waals surface area contributed by atoms with Gasteiger partial charge in [-0.3, -0.25) is 4.90 Å². The van der Waals surface area contributed by atoms with Crippen LogP contribution in [0.5, 0.6) is 5.75 Å². The van der Waals surface area contributed by atoms with Crippen LogP contribution in [0.3, 0.4) is 0 Å². The molecule has 1 fully saturated rings. The minimum absolute atomic E-state index is 0.911. The fraction of sp³-hybridized carbons (Fsp3) is 0.625. The van der Waals surface area contributed by atoms with Gasteiger partial charge in [-0.1, -0.05) is 12.1 Å². The van der Waals surface area contributed by atoms with E-state index in [9.17, 15) is 0 Å². The van der Waals surface area contributed by atoms with Crippen molar-refractivity contribution >= 4 is 0 Å². The van der Waals surface area contributed by atoms with Gasteiger partial charge in [0.2, 0.25) is 0 Å². The highest BCUT2D eigenvalue weighted by molar-refractivity contribution is 5.28. The van der Waals surface area contributed by atoms with Crippen LogP contribution in [0.25, 0.3) is 0 Å². The molecule has 0 aromatic heterocycles. The van der Waals surface area contributed by atoms with Crippen LogP contribution in [0.4, 0.5) is 0 Å². The largest absolute Gasteiger partial charge is 0.497 e. The quantitative estimate of drug-likeness (QED) is 0.852. The monoisotopic (exact) mass is 262 g/mol. The molecule has 1 aromatic carbocycles. The fourth-order valence-corrected chi connectivity index (χ4v) is 2.81. The average molecular weight is 262 g/mol. The lowest BCUT2D eigenvalue weighted by molar-refractivity contribution is 0.172. The van der Waals surface area contributed by atoms with Gasteiger partial charge in [-0.2, -0.15) is 0 Å². The number of ether oxygens (including phenoxy) is 1. The Morgan fingerprint density at radius 3 is 2.79 bits per heavy atom. The van der Waals surface area contributed by atoms with Gasteiger partial charge in [-0.25, -0.2) is 0 Å². The Labute approximate surface area is 116 Å². The molecule has 0 amide bonds. The number of hydrogen-bond acceptors (Lipinski definition) is 3. The maximum atomic E-state index is 5.28. The average Bonchev–Trinajstić information content (AvgIpc) is 2.47. The molecule has 3 nitrogen and oxygen atoms in total. The minimum Gasteiger partial charge on any atom is -0.497 e. The zero-order valence-corrected chi connectivity index (χ0v) is 12.2. The predicted molar refractivity (Wildman–Crippen MR) is 79.5 cm³/mol. The van der Waals surface area contributed by atoms with E-state index >= 15 is 0 Å². The number of benzene rings is 1. The van der Waals surface area contributed by atoms with Gasteiger partial charge in [0.05, 0.1) is 7.11 Å². The topological polar surface area (TPSA) is 24.5 Å².